The number of nitrogens with zero attached hydrogens (tertiary/aromatic N) is 2. The van der Waals surface area contributed by atoms with Crippen LogP contribution in [0.5, 0.6) is 0 Å². The average Bonchev–Trinajstić information content (AvgIpc) is 2.88. The Morgan fingerprint density at radius 3 is 1.67 bits per heavy atom. The summed E-state index contributed by atoms with van der Waals surface area (Å²) in [4.78, 5) is 9.48. The Morgan fingerprint density at radius 2 is 1.03 bits per heavy atom. The highest BCUT2D eigenvalue weighted by Crippen LogP contribution is 2.32. The minimum Gasteiger partial charge on any atom is -0.299 e. The van der Waals surface area contributed by atoms with Crippen molar-refractivity contribution in [2.75, 3.05) is 26.2 Å². The first kappa shape index (κ1) is 22.7. The van der Waals surface area contributed by atoms with Gasteiger partial charge in [-0.3, -0.25) is 9.80 Å². The summed E-state index contributed by atoms with van der Waals surface area (Å²) in [6.45, 7) is 7.15. The van der Waals surface area contributed by atoms with Crippen LogP contribution in [-0.4, -0.2) is 36.0 Å². The standard InChI is InChI=1S/C30H37N2S/c1-4-12-28(13-5-1)33(29-17-15-26(16-18-29)24-31-19-6-2-7-20-31)30-14-10-11-27(23-30)25-32-21-8-3-9-22-32/h1,4-5,10-18,23H,2-3,6-9,19-22,24-25H2/q+1. The van der Waals surface area contributed by atoms with E-state index in [2.05, 4.69) is 88.7 Å². The summed E-state index contributed by atoms with van der Waals surface area (Å²) >= 11 is 0. The van der Waals surface area contributed by atoms with Crippen LogP contribution >= 0.6 is 0 Å². The van der Waals surface area contributed by atoms with Crippen molar-refractivity contribution in [2.24, 2.45) is 0 Å². The van der Waals surface area contributed by atoms with Crippen molar-refractivity contribution in [3.05, 3.63) is 90.0 Å². The molecule has 0 N–H and O–H groups in total. The Hall–Kier alpha value is -2.07. The lowest BCUT2D eigenvalue weighted by atomic mass is 10.1. The van der Waals surface area contributed by atoms with Crippen LogP contribution < -0.4 is 0 Å². The molecule has 2 nitrogen and oxygen atoms in total. The summed E-state index contributed by atoms with van der Waals surface area (Å²) in [5.74, 6) is 0. The van der Waals surface area contributed by atoms with Gasteiger partial charge in [-0.25, -0.2) is 0 Å². The molecule has 3 heteroatoms. The molecule has 2 heterocycles. The predicted molar refractivity (Wildman–Crippen MR) is 140 cm³/mol. The third-order valence-corrected chi connectivity index (χ3v) is 9.19. The zero-order valence-corrected chi connectivity index (χ0v) is 20.6. The normalized spacial score (nSPS) is 18.8. The lowest BCUT2D eigenvalue weighted by molar-refractivity contribution is 0.221. The van der Waals surface area contributed by atoms with Gasteiger partial charge in [-0.05, 0) is 99.4 Å². The van der Waals surface area contributed by atoms with Gasteiger partial charge in [-0.1, -0.05) is 55.3 Å². The van der Waals surface area contributed by atoms with Gasteiger partial charge in [0.15, 0.2) is 14.7 Å². The number of likely N-dealkylation sites (tertiary alicyclic amines) is 2. The zero-order valence-electron chi connectivity index (χ0n) is 19.8. The fraction of sp³-hybridized carbons (Fsp3) is 0.400. The molecule has 0 aliphatic carbocycles. The number of rotatable bonds is 7. The largest absolute Gasteiger partial charge is 0.299 e. The van der Waals surface area contributed by atoms with E-state index in [1.165, 1.54) is 90.5 Å². The van der Waals surface area contributed by atoms with Gasteiger partial charge in [0.2, 0.25) is 0 Å². The second kappa shape index (κ2) is 11.4. The van der Waals surface area contributed by atoms with Crippen LogP contribution in [0.1, 0.15) is 49.7 Å². The Bertz CT molecular complexity index is 989. The SMILES string of the molecule is c1ccc([S+](c2ccc(CN3CCCCC3)cc2)c2cccc(CN3CCCCC3)c2)cc1. The highest BCUT2D eigenvalue weighted by atomic mass is 32.2. The van der Waals surface area contributed by atoms with E-state index in [9.17, 15) is 0 Å². The molecule has 2 saturated heterocycles. The van der Waals surface area contributed by atoms with E-state index in [-0.39, 0.29) is 10.9 Å². The lowest BCUT2D eigenvalue weighted by Gasteiger charge is -2.26. The Morgan fingerprint density at radius 1 is 0.485 bits per heavy atom. The molecule has 172 valence electrons. The van der Waals surface area contributed by atoms with Crippen molar-refractivity contribution in [2.45, 2.75) is 66.3 Å². The Balaban J connectivity index is 1.39. The monoisotopic (exact) mass is 457 g/mol. The van der Waals surface area contributed by atoms with Gasteiger partial charge in [0, 0.05) is 13.1 Å². The maximum atomic E-state index is 2.62. The van der Waals surface area contributed by atoms with Crippen LogP contribution in [0.25, 0.3) is 0 Å². The second-order valence-electron chi connectivity index (χ2n) is 9.58. The van der Waals surface area contributed by atoms with E-state index in [0.29, 0.717) is 0 Å². The highest BCUT2D eigenvalue weighted by Gasteiger charge is 2.29. The summed E-state index contributed by atoms with van der Waals surface area (Å²) in [7, 11) is -0.0785. The third kappa shape index (κ3) is 6.09. The summed E-state index contributed by atoms with van der Waals surface area (Å²) in [6.07, 6.45) is 8.18. The molecule has 2 fully saturated rings. The quantitative estimate of drug-likeness (QED) is 0.362. The van der Waals surface area contributed by atoms with Crippen LogP contribution in [0, 0.1) is 0 Å². The molecule has 2 aliphatic heterocycles. The fourth-order valence-electron chi connectivity index (χ4n) is 5.22. The van der Waals surface area contributed by atoms with Crippen molar-refractivity contribution in [3.63, 3.8) is 0 Å². The van der Waals surface area contributed by atoms with Crippen molar-refractivity contribution >= 4 is 10.9 Å². The van der Waals surface area contributed by atoms with Crippen LogP contribution in [-0.2, 0) is 24.0 Å². The number of piperidine rings is 2. The minimum absolute atomic E-state index is 0.0785. The molecule has 0 bridgehead atoms. The molecule has 0 aromatic heterocycles. The molecule has 1 atom stereocenters. The molecule has 0 spiro atoms. The molecule has 0 amide bonds. The average molecular weight is 458 g/mol. The molecule has 0 radical (unpaired) electrons. The zero-order chi connectivity index (χ0) is 22.3. The van der Waals surface area contributed by atoms with Gasteiger partial charge in [0.05, 0.1) is 10.9 Å². The third-order valence-electron chi connectivity index (χ3n) is 6.98. The fourth-order valence-corrected chi connectivity index (χ4v) is 7.36. The molecule has 3 aromatic rings. The maximum Gasteiger partial charge on any atom is 0.166 e. The lowest BCUT2D eigenvalue weighted by Crippen LogP contribution is -2.29. The first-order chi connectivity index (χ1) is 16.3. The van der Waals surface area contributed by atoms with E-state index in [0.717, 1.165) is 13.1 Å². The van der Waals surface area contributed by atoms with Crippen molar-refractivity contribution < 1.29 is 0 Å². The highest BCUT2D eigenvalue weighted by molar-refractivity contribution is 7.97. The van der Waals surface area contributed by atoms with E-state index in [1.807, 2.05) is 0 Å². The van der Waals surface area contributed by atoms with Crippen LogP contribution in [0.4, 0.5) is 0 Å². The van der Waals surface area contributed by atoms with Crippen molar-refractivity contribution in [1.29, 1.82) is 0 Å². The number of benzene rings is 3. The van der Waals surface area contributed by atoms with Gasteiger partial charge in [0.1, 0.15) is 0 Å². The summed E-state index contributed by atoms with van der Waals surface area (Å²) in [5, 5.41) is 0. The van der Waals surface area contributed by atoms with Crippen LogP contribution in [0.15, 0.2) is 93.5 Å². The van der Waals surface area contributed by atoms with Gasteiger partial charge >= 0.3 is 0 Å². The van der Waals surface area contributed by atoms with Crippen LogP contribution in [0.2, 0.25) is 0 Å². The molecule has 33 heavy (non-hydrogen) atoms. The number of hydrogen-bond donors (Lipinski definition) is 0. The Labute approximate surface area is 203 Å². The second-order valence-corrected chi connectivity index (χ2v) is 11.6. The first-order valence-electron chi connectivity index (χ1n) is 12.8. The van der Waals surface area contributed by atoms with E-state index in [1.54, 1.807) is 0 Å². The van der Waals surface area contributed by atoms with Crippen LogP contribution in [0.3, 0.4) is 0 Å². The molecule has 1 unspecified atom stereocenters. The molecular weight excluding hydrogens is 420 g/mol. The van der Waals surface area contributed by atoms with Gasteiger partial charge < -0.3 is 0 Å². The van der Waals surface area contributed by atoms with E-state index >= 15 is 0 Å². The van der Waals surface area contributed by atoms with E-state index < -0.39 is 0 Å². The molecule has 3 aromatic carbocycles. The summed E-state index contributed by atoms with van der Waals surface area (Å²) < 4.78 is 0. The number of hydrogen-bond acceptors (Lipinski definition) is 2. The smallest absolute Gasteiger partial charge is 0.166 e. The maximum absolute atomic E-state index is 2.62. The molecule has 5 rings (SSSR count). The van der Waals surface area contributed by atoms with Gasteiger partial charge in [-0.2, -0.15) is 0 Å². The van der Waals surface area contributed by atoms with Crippen molar-refractivity contribution in [1.82, 2.24) is 9.80 Å². The Kier molecular flexibility index (Phi) is 7.83. The minimum atomic E-state index is -0.0785. The molecule has 2 aliphatic rings. The molecule has 0 saturated carbocycles. The topological polar surface area (TPSA) is 6.48 Å². The van der Waals surface area contributed by atoms with E-state index in [4.69, 9.17) is 0 Å². The summed E-state index contributed by atoms with van der Waals surface area (Å²) in [6, 6.07) is 29.9. The predicted octanol–water partition coefficient (Wildman–Crippen LogP) is 6.75. The first-order valence-corrected chi connectivity index (χ1v) is 14.0. The van der Waals surface area contributed by atoms with Gasteiger partial charge in [0.25, 0.3) is 0 Å². The molecular formula is C30H37N2S+. The summed E-state index contributed by atoms with van der Waals surface area (Å²) in [5.41, 5.74) is 2.89. The van der Waals surface area contributed by atoms with Crippen molar-refractivity contribution in [3.8, 4) is 0 Å². The van der Waals surface area contributed by atoms with Gasteiger partial charge in [-0.15, -0.1) is 0 Å².